The Kier molecular flexibility index (Phi) is 6.18. The van der Waals surface area contributed by atoms with Crippen LogP contribution in [0.2, 0.25) is 10.0 Å². The molecule has 5 heteroatoms. The van der Waals surface area contributed by atoms with E-state index in [1.807, 2.05) is 0 Å². The van der Waals surface area contributed by atoms with Gasteiger partial charge in [-0.3, -0.25) is 0 Å². The van der Waals surface area contributed by atoms with Gasteiger partial charge in [0.05, 0.1) is 10.0 Å². The van der Waals surface area contributed by atoms with Crippen molar-refractivity contribution < 1.29 is 9.84 Å². The maximum absolute atomic E-state index is 10.0. The molecule has 2 rings (SSSR count). The van der Waals surface area contributed by atoms with Crippen molar-refractivity contribution in [3.63, 3.8) is 0 Å². The summed E-state index contributed by atoms with van der Waals surface area (Å²) in [6.45, 7) is 5.34. The molecular formula is C16H23Cl2NO2. The highest BCUT2D eigenvalue weighted by molar-refractivity contribution is 6.42. The Morgan fingerprint density at radius 3 is 2.67 bits per heavy atom. The molecule has 1 aliphatic carbocycles. The summed E-state index contributed by atoms with van der Waals surface area (Å²) in [7, 11) is 0. The number of ether oxygens (including phenoxy) is 1. The molecule has 0 spiro atoms. The van der Waals surface area contributed by atoms with Gasteiger partial charge in [-0.15, -0.1) is 0 Å². The second-order valence-electron chi connectivity index (χ2n) is 5.97. The van der Waals surface area contributed by atoms with Crippen molar-refractivity contribution in [2.45, 2.75) is 38.8 Å². The first-order valence-corrected chi connectivity index (χ1v) is 8.22. The zero-order valence-electron chi connectivity index (χ0n) is 12.5. The average molecular weight is 332 g/mol. The normalized spacial score (nSPS) is 26.8. The summed E-state index contributed by atoms with van der Waals surface area (Å²) in [4.78, 5) is 0. The molecule has 0 aromatic heterocycles. The topological polar surface area (TPSA) is 41.5 Å². The van der Waals surface area contributed by atoms with E-state index in [4.69, 9.17) is 27.9 Å². The quantitative estimate of drug-likeness (QED) is 0.833. The first-order valence-electron chi connectivity index (χ1n) is 7.46. The summed E-state index contributed by atoms with van der Waals surface area (Å²) in [6.07, 6.45) is 1.90. The number of hydrogen-bond acceptors (Lipinski definition) is 3. The molecule has 0 heterocycles. The lowest BCUT2D eigenvalue weighted by Gasteiger charge is -2.21. The molecule has 0 amide bonds. The van der Waals surface area contributed by atoms with Crippen LogP contribution < -0.4 is 10.1 Å². The Bertz CT molecular complexity index is 470. The van der Waals surface area contributed by atoms with Gasteiger partial charge < -0.3 is 15.2 Å². The van der Waals surface area contributed by atoms with E-state index in [1.165, 1.54) is 12.8 Å². The average Bonchev–Trinajstić information content (AvgIpc) is 2.78. The Hall–Kier alpha value is -0.480. The molecular weight excluding hydrogens is 309 g/mol. The standard InChI is InChI=1S/C16H23Cl2NO2/c1-10-3-6-16(11(10)2)19-8-12(20)9-21-13-4-5-14(17)15(18)7-13/h4-5,7,10-12,16,19-20H,3,6,8-9H2,1-2H3. The van der Waals surface area contributed by atoms with Crippen LogP contribution in [0, 0.1) is 11.8 Å². The van der Waals surface area contributed by atoms with Crippen molar-refractivity contribution >= 4 is 23.2 Å². The number of aliphatic hydroxyl groups excluding tert-OH is 1. The van der Waals surface area contributed by atoms with Gasteiger partial charge in [0.25, 0.3) is 0 Å². The number of halogens is 2. The zero-order chi connectivity index (χ0) is 15.4. The predicted octanol–water partition coefficient (Wildman–Crippen LogP) is 3.76. The second kappa shape index (κ2) is 7.68. The van der Waals surface area contributed by atoms with E-state index in [2.05, 4.69) is 19.2 Å². The Labute approximate surface area is 136 Å². The molecule has 0 bridgehead atoms. The fourth-order valence-corrected chi connectivity index (χ4v) is 3.05. The molecule has 0 aliphatic heterocycles. The largest absolute Gasteiger partial charge is 0.491 e. The number of rotatable bonds is 6. The number of hydrogen-bond donors (Lipinski definition) is 2. The van der Waals surface area contributed by atoms with Crippen LogP contribution in [0.15, 0.2) is 18.2 Å². The van der Waals surface area contributed by atoms with Gasteiger partial charge in [-0.2, -0.15) is 0 Å². The van der Waals surface area contributed by atoms with Crippen molar-refractivity contribution in [1.29, 1.82) is 0 Å². The minimum Gasteiger partial charge on any atom is -0.491 e. The van der Waals surface area contributed by atoms with Crippen molar-refractivity contribution in [1.82, 2.24) is 5.32 Å². The molecule has 1 saturated carbocycles. The molecule has 118 valence electrons. The first-order chi connectivity index (χ1) is 9.97. The van der Waals surface area contributed by atoms with Gasteiger partial charge >= 0.3 is 0 Å². The zero-order valence-corrected chi connectivity index (χ0v) is 14.0. The van der Waals surface area contributed by atoms with E-state index in [0.29, 0.717) is 34.3 Å². The SMILES string of the molecule is CC1CCC(NCC(O)COc2ccc(Cl)c(Cl)c2)C1C. The Morgan fingerprint density at radius 2 is 2.05 bits per heavy atom. The third kappa shape index (κ3) is 4.75. The Balaban J connectivity index is 1.72. The molecule has 1 aromatic rings. The lowest BCUT2D eigenvalue weighted by molar-refractivity contribution is 0.102. The lowest BCUT2D eigenvalue weighted by Crippen LogP contribution is -2.39. The minimum atomic E-state index is -0.539. The van der Waals surface area contributed by atoms with Crippen LogP contribution in [0.1, 0.15) is 26.7 Å². The maximum atomic E-state index is 10.0. The van der Waals surface area contributed by atoms with E-state index < -0.39 is 6.10 Å². The van der Waals surface area contributed by atoms with Gasteiger partial charge in [0.2, 0.25) is 0 Å². The highest BCUT2D eigenvalue weighted by atomic mass is 35.5. The molecule has 4 atom stereocenters. The van der Waals surface area contributed by atoms with Gasteiger partial charge in [-0.1, -0.05) is 37.0 Å². The fourth-order valence-electron chi connectivity index (χ4n) is 2.76. The highest BCUT2D eigenvalue weighted by Crippen LogP contribution is 2.31. The summed E-state index contributed by atoms with van der Waals surface area (Å²) in [5, 5.41) is 14.4. The van der Waals surface area contributed by atoms with Crippen LogP contribution in [-0.4, -0.2) is 30.4 Å². The molecule has 0 radical (unpaired) electrons. The van der Waals surface area contributed by atoms with Crippen molar-refractivity contribution in [2.24, 2.45) is 11.8 Å². The van der Waals surface area contributed by atoms with E-state index in [9.17, 15) is 5.11 Å². The van der Waals surface area contributed by atoms with E-state index in [0.717, 1.165) is 5.92 Å². The van der Waals surface area contributed by atoms with Crippen molar-refractivity contribution in [2.75, 3.05) is 13.2 Å². The van der Waals surface area contributed by atoms with Crippen LogP contribution in [0.3, 0.4) is 0 Å². The summed E-state index contributed by atoms with van der Waals surface area (Å²) in [5.41, 5.74) is 0. The van der Waals surface area contributed by atoms with Crippen LogP contribution in [-0.2, 0) is 0 Å². The second-order valence-corrected chi connectivity index (χ2v) is 6.78. The molecule has 1 aromatic carbocycles. The maximum Gasteiger partial charge on any atom is 0.121 e. The highest BCUT2D eigenvalue weighted by Gasteiger charge is 2.29. The molecule has 1 aliphatic rings. The third-order valence-electron chi connectivity index (χ3n) is 4.41. The predicted molar refractivity (Wildman–Crippen MR) is 87.3 cm³/mol. The van der Waals surface area contributed by atoms with Gasteiger partial charge in [0.1, 0.15) is 18.5 Å². The van der Waals surface area contributed by atoms with Crippen LogP contribution in [0.4, 0.5) is 0 Å². The van der Waals surface area contributed by atoms with Crippen molar-refractivity contribution in [3.8, 4) is 5.75 Å². The van der Waals surface area contributed by atoms with E-state index in [-0.39, 0.29) is 6.61 Å². The van der Waals surface area contributed by atoms with E-state index in [1.54, 1.807) is 18.2 Å². The monoisotopic (exact) mass is 331 g/mol. The number of nitrogens with one attached hydrogen (secondary N) is 1. The van der Waals surface area contributed by atoms with Gasteiger partial charge in [-0.25, -0.2) is 0 Å². The molecule has 2 N–H and O–H groups in total. The summed E-state index contributed by atoms with van der Waals surface area (Å²) in [6, 6.07) is 5.59. The van der Waals surface area contributed by atoms with Gasteiger partial charge in [0, 0.05) is 18.7 Å². The first kappa shape index (κ1) is 16.9. The van der Waals surface area contributed by atoms with Crippen molar-refractivity contribution in [3.05, 3.63) is 28.2 Å². The number of aliphatic hydroxyl groups is 1. The van der Waals surface area contributed by atoms with Crippen LogP contribution in [0.25, 0.3) is 0 Å². The summed E-state index contributed by atoms with van der Waals surface area (Å²) >= 11 is 11.8. The summed E-state index contributed by atoms with van der Waals surface area (Å²) in [5.74, 6) is 2.03. The van der Waals surface area contributed by atoms with Gasteiger partial charge in [0.15, 0.2) is 0 Å². The number of benzene rings is 1. The minimum absolute atomic E-state index is 0.238. The molecule has 1 fully saturated rings. The van der Waals surface area contributed by atoms with Crippen LogP contribution >= 0.6 is 23.2 Å². The Morgan fingerprint density at radius 1 is 1.29 bits per heavy atom. The molecule has 3 nitrogen and oxygen atoms in total. The molecule has 4 unspecified atom stereocenters. The van der Waals surface area contributed by atoms with Crippen LogP contribution in [0.5, 0.6) is 5.75 Å². The lowest BCUT2D eigenvalue weighted by atomic mass is 9.98. The summed E-state index contributed by atoms with van der Waals surface area (Å²) < 4.78 is 5.53. The molecule has 21 heavy (non-hydrogen) atoms. The molecule has 0 saturated heterocycles. The fraction of sp³-hybridized carbons (Fsp3) is 0.625. The van der Waals surface area contributed by atoms with E-state index >= 15 is 0 Å². The van der Waals surface area contributed by atoms with Gasteiger partial charge in [-0.05, 0) is 36.8 Å². The third-order valence-corrected chi connectivity index (χ3v) is 5.15. The smallest absolute Gasteiger partial charge is 0.121 e.